The lowest BCUT2D eigenvalue weighted by Crippen LogP contribution is -2.48. The van der Waals surface area contributed by atoms with Gasteiger partial charge in [0, 0.05) is 12.8 Å². The van der Waals surface area contributed by atoms with Gasteiger partial charge in [-0.25, -0.2) is 4.89 Å². The number of hydrogen-bond acceptors (Lipinski definition) is 8. The summed E-state index contributed by atoms with van der Waals surface area (Å²) in [5, 5.41) is 9.54. The van der Waals surface area contributed by atoms with E-state index in [4.69, 9.17) is 19.6 Å². The lowest BCUT2D eigenvalue weighted by Gasteiger charge is -2.26. The molecule has 0 saturated carbocycles. The standard InChI is InChI=1S/C26H39N3O6/c1-19(2)16-22(25(30)31)27-32-23(17-20-12-8-6-9-13-20)28-33-24(29-35-34-26(3,4)5)18-21-14-10-7-11-15-21/h6-15,19,22-24,27-29H,16-18H2,1-5H3,(H,30,31)/t22-,23-,24-/m1/s1. The molecule has 0 aliphatic carbocycles. The molecule has 2 rings (SSSR count). The molecule has 35 heavy (non-hydrogen) atoms. The minimum atomic E-state index is -0.977. The smallest absolute Gasteiger partial charge is 0.323 e. The van der Waals surface area contributed by atoms with Gasteiger partial charge in [-0.3, -0.25) is 14.5 Å². The van der Waals surface area contributed by atoms with Crippen molar-refractivity contribution in [2.45, 2.75) is 78.0 Å². The van der Waals surface area contributed by atoms with Crippen LogP contribution in [0.4, 0.5) is 0 Å². The molecule has 9 heteroatoms. The molecular formula is C26H39N3O6. The van der Waals surface area contributed by atoms with Crippen LogP contribution < -0.4 is 16.4 Å². The SMILES string of the molecule is CC(C)C[C@@H](NO[C@H](Cc1ccccc1)NO[C@H](Cc1ccccc1)NOOC(C)(C)C)C(=O)O. The maximum atomic E-state index is 11.6. The number of carboxylic acids is 1. The third-order valence-electron chi connectivity index (χ3n) is 4.70. The largest absolute Gasteiger partial charge is 0.480 e. The Morgan fingerprint density at radius 2 is 1.31 bits per heavy atom. The predicted molar refractivity (Wildman–Crippen MR) is 132 cm³/mol. The normalized spacial score (nSPS) is 14.6. The van der Waals surface area contributed by atoms with Crippen LogP contribution in [0.15, 0.2) is 60.7 Å². The zero-order valence-corrected chi connectivity index (χ0v) is 21.2. The molecule has 0 heterocycles. The molecule has 0 radical (unpaired) electrons. The average molecular weight is 490 g/mol. The fourth-order valence-corrected chi connectivity index (χ4v) is 3.07. The van der Waals surface area contributed by atoms with Gasteiger partial charge < -0.3 is 5.11 Å². The number of rotatable bonds is 16. The van der Waals surface area contributed by atoms with Crippen LogP contribution in [0.2, 0.25) is 0 Å². The fraction of sp³-hybridized carbons (Fsp3) is 0.500. The Balaban J connectivity index is 2.06. The molecule has 0 amide bonds. The molecule has 0 aromatic heterocycles. The van der Waals surface area contributed by atoms with Crippen molar-refractivity contribution in [3.05, 3.63) is 71.8 Å². The molecule has 0 bridgehead atoms. The van der Waals surface area contributed by atoms with Crippen LogP contribution in [0.1, 0.15) is 52.2 Å². The molecule has 0 unspecified atom stereocenters. The van der Waals surface area contributed by atoms with Gasteiger partial charge in [-0.1, -0.05) is 74.5 Å². The number of nitrogens with one attached hydrogen (secondary N) is 3. The topological polar surface area (TPSA) is 110 Å². The fourth-order valence-electron chi connectivity index (χ4n) is 3.07. The zero-order valence-electron chi connectivity index (χ0n) is 21.2. The molecule has 2 aromatic carbocycles. The van der Waals surface area contributed by atoms with Gasteiger partial charge in [-0.2, -0.15) is 11.0 Å². The summed E-state index contributed by atoms with van der Waals surface area (Å²) in [7, 11) is 0. The first-order valence-corrected chi connectivity index (χ1v) is 11.9. The predicted octanol–water partition coefficient (Wildman–Crippen LogP) is 3.92. The zero-order chi connectivity index (χ0) is 25.7. The molecule has 9 nitrogen and oxygen atoms in total. The Morgan fingerprint density at radius 1 is 0.829 bits per heavy atom. The number of hydroxylamine groups is 3. The Bertz CT molecular complexity index is 845. The quantitative estimate of drug-likeness (QED) is 0.158. The van der Waals surface area contributed by atoms with Gasteiger partial charge in [0.2, 0.25) is 0 Å². The van der Waals surface area contributed by atoms with Crippen LogP contribution in [0.25, 0.3) is 0 Å². The van der Waals surface area contributed by atoms with Crippen LogP contribution in [-0.4, -0.2) is 35.2 Å². The van der Waals surface area contributed by atoms with E-state index in [1.54, 1.807) is 0 Å². The maximum absolute atomic E-state index is 11.6. The first-order chi connectivity index (χ1) is 16.6. The molecule has 0 spiro atoms. The van der Waals surface area contributed by atoms with Gasteiger partial charge in [0.05, 0.1) is 5.60 Å². The van der Waals surface area contributed by atoms with Crippen molar-refractivity contribution in [3.8, 4) is 0 Å². The second-order valence-corrected chi connectivity index (χ2v) is 9.75. The first-order valence-electron chi connectivity index (χ1n) is 11.9. The molecule has 0 fully saturated rings. The van der Waals surface area contributed by atoms with Crippen molar-refractivity contribution >= 4 is 5.97 Å². The molecule has 0 saturated heterocycles. The Hall–Kier alpha value is -2.37. The Morgan fingerprint density at radius 3 is 1.77 bits per heavy atom. The average Bonchev–Trinajstić information content (AvgIpc) is 2.79. The van der Waals surface area contributed by atoms with Gasteiger partial charge >= 0.3 is 5.97 Å². The summed E-state index contributed by atoms with van der Waals surface area (Å²) in [6, 6.07) is 18.6. The van der Waals surface area contributed by atoms with Crippen molar-refractivity contribution < 1.29 is 29.5 Å². The molecule has 3 atom stereocenters. The van der Waals surface area contributed by atoms with E-state index in [1.807, 2.05) is 95.3 Å². The number of aliphatic carboxylic acids is 1. The van der Waals surface area contributed by atoms with Crippen molar-refractivity contribution in [1.82, 2.24) is 16.4 Å². The van der Waals surface area contributed by atoms with E-state index in [1.165, 1.54) is 0 Å². The summed E-state index contributed by atoms with van der Waals surface area (Å²) < 4.78 is 0. The van der Waals surface area contributed by atoms with Gasteiger partial charge in [-0.05, 0) is 44.2 Å². The van der Waals surface area contributed by atoms with E-state index in [2.05, 4.69) is 16.4 Å². The highest BCUT2D eigenvalue weighted by molar-refractivity contribution is 5.73. The summed E-state index contributed by atoms with van der Waals surface area (Å²) >= 11 is 0. The number of benzene rings is 2. The first kappa shape index (κ1) is 28.9. The maximum Gasteiger partial charge on any atom is 0.323 e. The van der Waals surface area contributed by atoms with Crippen LogP contribution in [0.3, 0.4) is 0 Å². The molecule has 4 N–H and O–H groups in total. The van der Waals surface area contributed by atoms with Crippen LogP contribution in [0, 0.1) is 5.92 Å². The highest BCUT2D eigenvalue weighted by Crippen LogP contribution is 2.10. The van der Waals surface area contributed by atoms with E-state index >= 15 is 0 Å². The lowest BCUT2D eigenvalue weighted by atomic mass is 10.1. The molecular weight excluding hydrogens is 450 g/mol. The number of carbonyl (C=O) groups is 1. The lowest BCUT2D eigenvalue weighted by molar-refractivity contribution is -0.402. The van der Waals surface area contributed by atoms with E-state index in [0.29, 0.717) is 19.3 Å². The van der Waals surface area contributed by atoms with Crippen molar-refractivity contribution in [1.29, 1.82) is 0 Å². The highest BCUT2D eigenvalue weighted by Gasteiger charge is 2.23. The van der Waals surface area contributed by atoms with Crippen molar-refractivity contribution in [2.75, 3.05) is 0 Å². The molecule has 194 valence electrons. The van der Waals surface area contributed by atoms with E-state index < -0.39 is 30.1 Å². The highest BCUT2D eigenvalue weighted by atomic mass is 17.3. The summed E-state index contributed by atoms with van der Waals surface area (Å²) in [6.45, 7) is 9.52. The third kappa shape index (κ3) is 12.8. The Kier molecular flexibility index (Phi) is 12.3. The second-order valence-electron chi connectivity index (χ2n) is 9.75. The van der Waals surface area contributed by atoms with E-state index in [0.717, 1.165) is 11.1 Å². The number of carboxylic acid groups (broad SMARTS) is 1. The summed E-state index contributed by atoms with van der Waals surface area (Å²) in [4.78, 5) is 33.8. The minimum Gasteiger partial charge on any atom is -0.480 e. The van der Waals surface area contributed by atoms with Gasteiger partial charge in [0.15, 0.2) is 12.5 Å². The van der Waals surface area contributed by atoms with Gasteiger partial charge in [-0.15, -0.1) is 10.5 Å². The Labute approximate surface area is 207 Å². The third-order valence-corrected chi connectivity index (χ3v) is 4.70. The molecule has 2 aromatic rings. The molecule has 0 aliphatic heterocycles. The van der Waals surface area contributed by atoms with Crippen LogP contribution in [-0.2, 0) is 37.2 Å². The summed E-state index contributed by atoms with van der Waals surface area (Å²) in [6.07, 6.45) is 0.00398. The monoisotopic (exact) mass is 489 g/mol. The van der Waals surface area contributed by atoms with Crippen LogP contribution in [0.5, 0.6) is 0 Å². The van der Waals surface area contributed by atoms with Crippen molar-refractivity contribution in [2.24, 2.45) is 5.92 Å². The minimum absolute atomic E-state index is 0.184. The van der Waals surface area contributed by atoms with Gasteiger partial charge in [0.25, 0.3) is 0 Å². The van der Waals surface area contributed by atoms with Crippen LogP contribution >= 0.6 is 0 Å². The van der Waals surface area contributed by atoms with E-state index in [9.17, 15) is 9.90 Å². The number of hydrogen-bond donors (Lipinski definition) is 4. The summed E-state index contributed by atoms with van der Waals surface area (Å²) in [5.74, 6) is -0.794. The van der Waals surface area contributed by atoms with E-state index in [-0.39, 0.29) is 5.92 Å². The molecule has 0 aliphatic rings. The van der Waals surface area contributed by atoms with Crippen molar-refractivity contribution in [3.63, 3.8) is 0 Å². The van der Waals surface area contributed by atoms with Gasteiger partial charge in [0.1, 0.15) is 6.04 Å². The summed E-state index contributed by atoms with van der Waals surface area (Å²) in [5.41, 5.74) is 9.87. The second kappa shape index (κ2) is 14.9.